The van der Waals surface area contributed by atoms with Crippen molar-refractivity contribution in [3.63, 3.8) is 0 Å². The van der Waals surface area contributed by atoms with E-state index < -0.39 is 0 Å². The number of hydrogen-bond donors (Lipinski definition) is 2. The molecule has 0 saturated heterocycles. The Balaban J connectivity index is 1.64. The summed E-state index contributed by atoms with van der Waals surface area (Å²) in [6.07, 6.45) is 0.955. The molecule has 30 heavy (non-hydrogen) atoms. The fourth-order valence-corrected chi connectivity index (χ4v) is 4.68. The lowest BCUT2D eigenvalue weighted by molar-refractivity contribution is -0.116. The second-order valence-corrected chi connectivity index (χ2v) is 7.82. The highest BCUT2D eigenvalue weighted by Gasteiger charge is 2.41. The number of anilines is 1. The second kappa shape index (κ2) is 7.06. The number of carbonyl (C=O) groups excluding carboxylic acids is 1. The summed E-state index contributed by atoms with van der Waals surface area (Å²) >= 11 is 0. The summed E-state index contributed by atoms with van der Waals surface area (Å²) in [5, 5.41) is 17.8. The highest BCUT2D eigenvalue weighted by atomic mass is 16.5. The maximum absolute atomic E-state index is 13.4. The number of nitrogens with zero attached hydrogens (tertiary/aromatic N) is 1. The van der Waals surface area contributed by atoms with Gasteiger partial charge in [0.15, 0.2) is 5.78 Å². The summed E-state index contributed by atoms with van der Waals surface area (Å²) < 4.78 is 11.0. The van der Waals surface area contributed by atoms with Crippen molar-refractivity contribution in [1.82, 2.24) is 5.16 Å². The monoisotopic (exact) mass is 402 g/mol. The number of nitrogens with one attached hydrogen (secondary N) is 1. The number of allylic oxidation sites excluding steroid dienone is 2. The number of fused-ring (bicyclic) bond motifs is 1. The Morgan fingerprint density at radius 2 is 2.00 bits per heavy atom. The molecule has 0 bridgehead atoms. The Morgan fingerprint density at radius 1 is 1.17 bits per heavy atom. The van der Waals surface area contributed by atoms with Gasteiger partial charge in [-0.15, -0.1) is 0 Å². The third-order valence-electron chi connectivity index (χ3n) is 6.06. The highest BCUT2D eigenvalue weighted by molar-refractivity contribution is 6.01. The van der Waals surface area contributed by atoms with Gasteiger partial charge in [-0.25, -0.2) is 0 Å². The average Bonchev–Trinajstić information content (AvgIpc) is 3.13. The summed E-state index contributed by atoms with van der Waals surface area (Å²) in [7, 11) is 1.63. The van der Waals surface area contributed by atoms with E-state index in [1.807, 2.05) is 43.3 Å². The molecule has 0 unspecified atom stereocenters. The minimum atomic E-state index is -0.268. The van der Waals surface area contributed by atoms with E-state index in [4.69, 9.17) is 9.26 Å². The zero-order valence-electron chi connectivity index (χ0n) is 16.8. The van der Waals surface area contributed by atoms with Crippen molar-refractivity contribution in [2.24, 2.45) is 0 Å². The number of ether oxygens (including phenoxy) is 1. The number of benzene rings is 2. The number of aromatic hydroxyl groups is 1. The zero-order chi connectivity index (χ0) is 20.8. The minimum absolute atomic E-state index is 0.0658. The van der Waals surface area contributed by atoms with Crippen molar-refractivity contribution < 1.29 is 19.2 Å². The van der Waals surface area contributed by atoms with E-state index in [9.17, 15) is 9.90 Å². The zero-order valence-corrected chi connectivity index (χ0v) is 16.8. The van der Waals surface area contributed by atoms with Gasteiger partial charge in [-0.05, 0) is 42.7 Å². The first-order valence-corrected chi connectivity index (χ1v) is 9.98. The average molecular weight is 402 g/mol. The Bertz CT molecular complexity index is 1180. The van der Waals surface area contributed by atoms with Gasteiger partial charge in [0.25, 0.3) is 0 Å². The molecule has 0 amide bonds. The smallest absolute Gasteiger partial charge is 0.233 e. The first-order chi connectivity index (χ1) is 14.6. The number of ketones is 1. The number of phenolic OH excluding ortho intramolecular Hbond substituents is 1. The maximum Gasteiger partial charge on any atom is 0.233 e. The van der Waals surface area contributed by atoms with Crippen molar-refractivity contribution in [3.05, 3.63) is 82.2 Å². The molecule has 0 spiro atoms. The normalized spacial score (nSPS) is 20.4. The molecule has 5 rings (SSSR count). The molecule has 1 aliphatic carbocycles. The second-order valence-electron chi connectivity index (χ2n) is 7.82. The van der Waals surface area contributed by atoms with E-state index >= 15 is 0 Å². The van der Waals surface area contributed by atoms with Crippen LogP contribution in [0.4, 0.5) is 5.88 Å². The number of Topliss-reactive ketones (excluding diaryl/α,β-unsaturated/α-hetero) is 1. The molecular formula is C24H22N2O4. The van der Waals surface area contributed by atoms with Gasteiger partial charge < -0.3 is 19.7 Å². The number of methoxy groups -OCH3 is 1. The molecule has 2 aliphatic rings. The van der Waals surface area contributed by atoms with Gasteiger partial charge in [-0.2, -0.15) is 0 Å². The molecule has 1 aliphatic heterocycles. The summed E-state index contributed by atoms with van der Waals surface area (Å²) in [6, 6.07) is 15.0. The predicted molar refractivity (Wildman–Crippen MR) is 112 cm³/mol. The number of para-hydroxylation sites is 1. The molecule has 0 radical (unpaired) electrons. The van der Waals surface area contributed by atoms with E-state index in [0.717, 1.165) is 39.4 Å². The summed E-state index contributed by atoms with van der Waals surface area (Å²) in [4.78, 5) is 13.4. The molecule has 2 aromatic carbocycles. The van der Waals surface area contributed by atoms with Gasteiger partial charge in [-0.1, -0.05) is 35.5 Å². The first-order valence-electron chi connectivity index (χ1n) is 9.98. The van der Waals surface area contributed by atoms with E-state index in [0.29, 0.717) is 18.7 Å². The molecule has 2 N–H and O–H groups in total. The van der Waals surface area contributed by atoms with Crippen LogP contribution >= 0.6 is 0 Å². The molecule has 2 heterocycles. The van der Waals surface area contributed by atoms with E-state index in [-0.39, 0.29) is 23.4 Å². The molecule has 3 aromatic rings. The quantitative estimate of drug-likeness (QED) is 0.663. The largest absolute Gasteiger partial charge is 0.508 e. The number of aryl methyl sites for hydroxylation is 1. The first kappa shape index (κ1) is 18.5. The van der Waals surface area contributed by atoms with E-state index in [1.54, 1.807) is 19.2 Å². The Kier molecular flexibility index (Phi) is 4.35. The van der Waals surface area contributed by atoms with Gasteiger partial charge in [0, 0.05) is 29.5 Å². The van der Waals surface area contributed by atoms with Crippen molar-refractivity contribution in [3.8, 4) is 11.5 Å². The van der Waals surface area contributed by atoms with Crippen LogP contribution < -0.4 is 10.1 Å². The lowest BCUT2D eigenvalue weighted by atomic mass is 9.72. The van der Waals surface area contributed by atoms with Crippen molar-refractivity contribution in [2.45, 2.75) is 31.6 Å². The maximum atomic E-state index is 13.4. The third kappa shape index (κ3) is 2.87. The standard InChI is InChI=1S/C24H22N2O4/c1-13-21-22(14-6-5-7-16(10-14)29-2)23-18(25-24(21)30-26-13)11-15(12-20(23)28)17-8-3-4-9-19(17)27/h3-10,15,22,25,27H,11-12H2,1-2H3/t15-,22+/m0/s1. The summed E-state index contributed by atoms with van der Waals surface area (Å²) in [5.74, 6) is 1.23. The Hall–Kier alpha value is -3.54. The predicted octanol–water partition coefficient (Wildman–Crippen LogP) is 4.66. The van der Waals surface area contributed by atoms with Crippen LogP contribution in [0.5, 0.6) is 11.5 Å². The lowest BCUT2D eigenvalue weighted by Gasteiger charge is -2.34. The minimum Gasteiger partial charge on any atom is -0.508 e. The van der Waals surface area contributed by atoms with Crippen LogP contribution in [-0.2, 0) is 4.79 Å². The molecular weight excluding hydrogens is 380 g/mol. The lowest BCUT2D eigenvalue weighted by Crippen LogP contribution is -2.29. The number of carbonyl (C=O) groups is 1. The van der Waals surface area contributed by atoms with E-state index in [2.05, 4.69) is 10.5 Å². The molecule has 2 atom stereocenters. The summed E-state index contributed by atoms with van der Waals surface area (Å²) in [6.45, 7) is 1.89. The van der Waals surface area contributed by atoms with Crippen molar-refractivity contribution in [2.75, 3.05) is 12.4 Å². The van der Waals surface area contributed by atoms with Gasteiger partial charge in [-0.3, -0.25) is 4.79 Å². The molecule has 0 saturated carbocycles. The SMILES string of the molecule is COc1cccc([C@H]2C3=C(C[C@H](c4ccccc4O)CC3=O)Nc3onc(C)c32)c1. The summed E-state index contributed by atoms with van der Waals surface area (Å²) in [5.41, 5.74) is 4.97. The van der Waals surface area contributed by atoms with Crippen LogP contribution in [0.1, 0.15) is 47.1 Å². The number of aromatic nitrogens is 1. The van der Waals surface area contributed by atoms with Crippen LogP contribution in [0.3, 0.4) is 0 Å². The number of rotatable bonds is 3. The van der Waals surface area contributed by atoms with Gasteiger partial charge >= 0.3 is 0 Å². The topological polar surface area (TPSA) is 84.6 Å². The highest BCUT2D eigenvalue weighted by Crippen LogP contribution is 2.50. The Morgan fingerprint density at radius 3 is 2.80 bits per heavy atom. The molecule has 6 heteroatoms. The fourth-order valence-electron chi connectivity index (χ4n) is 4.68. The van der Waals surface area contributed by atoms with Crippen LogP contribution in [0.2, 0.25) is 0 Å². The van der Waals surface area contributed by atoms with Gasteiger partial charge in [0.05, 0.1) is 18.4 Å². The van der Waals surface area contributed by atoms with Gasteiger partial charge in [0.2, 0.25) is 5.88 Å². The third-order valence-corrected chi connectivity index (χ3v) is 6.06. The van der Waals surface area contributed by atoms with E-state index in [1.165, 1.54) is 0 Å². The van der Waals surface area contributed by atoms with Crippen LogP contribution in [0.25, 0.3) is 0 Å². The van der Waals surface area contributed by atoms with Crippen LogP contribution in [-0.4, -0.2) is 23.2 Å². The van der Waals surface area contributed by atoms with Gasteiger partial charge in [0.1, 0.15) is 11.5 Å². The molecule has 6 nitrogen and oxygen atoms in total. The number of hydrogen-bond acceptors (Lipinski definition) is 6. The van der Waals surface area contributed by atoms with Crippen molar-refractivity contribution >= 4 is 11.7 Å². The molecule has 0 fully saturated rings. The molecule has 1 aromatic heterocycles. The van der Waals surface area contributed by atoms with Crippen LogP contribution in [0.15, 0.2) is 64.3 Å². The number of phenols is 1. The molecule has 152 valence electrons. The Labute approximate surface area is 174 Å². The fraction of sp³-hybridized carbons (Fsp3) is 0.250. The van der Waals surface area contributed by atoms with Crippen LogP contribution in [0, 0.1) is 6.92 Å². The van der Waals surface area contributed by atoms with Crippen molar-refractivity contribution in [1.29, 1.82) is 0 Å².